The second-order valence-electron chi connectivity index (χ2n) is 6.03. The summed E-state index contributed by atoms with van der Waals surface area (Å²) < 4.78 is 5.98. The average Bonchev–Trinajstić information content (AvgIpc) is 3.11. The molecular weight excluding hydrogens is 334 g/mol. The van der Waals surface area contributed by atoms with Gasteiger partial charge in [0.05, 0.1) is 15.6 Å². The highest BCUT2D eigenvalue weighted by Gasteiger charge is 2.12. The molecule has 124 valence electrons. The minimum Gasteiger partial charge on any atom is -0.455 e. The summed E-state index contributed by atoms with van der Waals surface area (Å²) in [6.07, 6.45) is 0. The van der Waals surface area contributed by atoms with E-state index in [4.69, 9.17) is 4.42 Å². The molecule has 0 unspecified atom stereocenters. The van der Waals surface area contributed by atoms with Gasteiger partial charge >= 0.3 is 0 Å². The van der Waals surface area contributed by atoms with Crippen LogP contribution >= 0.6 is 11.3 Å². The van der Waals surface area contributed by atoms with Crippen LogP contribution in [0.5, 0.6) is 0 Å². The highest BCUT2D eigenvalue weighted by atomic mass is 32.1. The van der Waals surface area contributed by atoms with E-state index in [0.29, 0.717) is 32.5 Å². The van der Waals surface area contributed by atoms with Crippen molar-refractivity contribution in [2.75, 3.05) is 5.32 Å². The second-order valence-corrected chi connectivity index (χ2v) is 6.98. The Morgan fingerprint density at radius 1 is 1.08 bits per heavy atom. The molecule has 0 aliphatic carbocycles. The van der Waals surface area contributed by atoms with Gasteiger partial charge in [-0.1, -0.05) is 12.1 Å². The van der Waals surface area contributed by atoms with Crippen LogP contribution < -0.4 is 10.7 Å². The number of fused-ring (bicyclic) bond motifs is 2. The standard InChI is InChI=1S/C20H15NO3S/c1-11-8-12(2)19-15(9-11)18(22)14-6-5-13(10-16(14)24-19)21-20(23)17-4-3-7-25-17/h3-10H,1-2H3,(H,21,23). The first-order chi connectivity index (χ1) is 12.0. The van der Waals surface area contributed by atoms with Crippen LogP contribution in [-0.2, 0) is 0 Å². The highest BCUT2D eigenvalue weighted by Crippen LogP contribution is 2.25. The summed E-state index contributed by atoms with van der Waals surface area (Å²) in [5.74, 6) is -0.177. The average molecular weight is 349 g/mol. The lowest BCUT2D eigenvalue weighted by Crippen LogP contribution is -2.10. The van der Waals surface area contributed by atoms with Crippen molar-refractivity contribution in [3.8, 4) is 0 Å². The van der Waals surface area contributed by atoms with Crippen molar-refractivity contribution < 1.29 is 9.21 Å². The summed E-state index contributed by atoms with van der Waals surface area (Å²) in [5.41, 5.74) is 3.54. The Labute approximate surface area is 147 Å². The molecule has 0 spiro atoms. The van der Waals surface area contributed by atoms with Gasteiger partial charge in [-0.05, 0) is 54.6 Å². The van der Waals surface area contributed by atoms with E-state index in [2.05, 4.69) is 5.32 Å². The summed E-state index contributed by atoms with van der Waals surface area (Å²) in [6, 6.07) is 12.5. The Morgan fingerprint density at radius 3 is 2.68 bits per heavy atom. The number of aryl methyl sites for hydroxylation is 2. The molecule has 2 aromatic carbocycles. The fourth-order valence-corrected chi connectivity index (χ4v) is 3.61. The lowest BCUT2D eigenvalue weighted by molar-refractivity contribution is 0.103. The molecule has 5 heteroatoms. The zero-order valence-electron chi connectivity index (χ0n) is 13.8. The molecule has 4 rings (SSSR count). The number of anilines is 1. The molecule has 4 nitrogen and oxygen atoms in total. The van der Waals surface area contributed by atoms with Gasteiger partial charge < -0.3 is 9.73 Å². The van der Waals surface area contributed by atoms with E-state index in [0.717, 1.165) is 11.1 Å². The molecule has 1 N–H and O–H groups in total. The van der Waals surface area contributed by atoms with Crippen molar-refractivity contribution in [3.05, 3.63) is 74.1 Å². The first kappa shape index (κ1) is 15.6. The first-order valence-electron chi connectivity index (χ1n) is 7.85. The Kier molecular flexibility index (Phi) is 3.66. The largest absolute Gasteiger partial charge is 0.455 e. The molecule has 2 aromatic heterocycles. The normalized spacial score (nSPS) is 11.1. The maximum atomic E-state index is 12.8. The number of amides is 1. The van der Waals surface area contributed by atoms with E-state index in [-0.39, 0.29) is 11.3 Å². The Balaban J connectivity index is 1.84. The SMILES string of the molecule is Cc1cc(C)c2oc3cc(NC(=O)c4cccs4)ccc3c(=O)c2c1. The van der Waals surface area contributed by atoms with Crippen LogP contribution in [0.25, 0.3) is 21.9 Å². The number of carbonyl (C=O) groups excluding carboxylic acids is 1. The maximum absolute atomic E-state index is 12.8. The monoisotopic (exact) mass is 349 g/mol. The predicted molar refractivity (Wildman–Crippen MR) is 102 cm³/mol. The molecule has 0 radical (unpaired) electrons. The number of hydrogen-bond donors (Lipinski definition) is 1. The van der Waals surface area contributed by atoms with Crippen molar-refractivity contribution in [2.24, 2.45) is 0 Å². The molecule has 2 heterocycles. The van der Waals surface area contributed by atoms with Crippen LogP contribution in [0.15, 0.2) is 57.1 Å². The van der Waals surface area contributed by atoms with Gasteiger partial charge in [0, 0.05) is 11.8 Å². The quantitative estimate of drug-likeness (QED) is 0.525. The fourth-order valence-electron chi connectivity index (χ4n) is 2.99. The third-order valence-corrected chi connectivity index (χ3v) is 4.97. The van der Waals surface area contributed by atoms with Crippen molar-refractivity contribution in [1.82, 2.24) is 0 Å². The Morgan fingerprint density at radius 2 is 1.92 bits per heavy atom. The zero-order chi connectivity index (χ0) is 17.6. The zero-order valence-corrected chi connectivity index (χ0v) is 14.6. The van der Waals surface area contributed by atoms with Crippen molar-refractivity contribution in [1.29, 1.82) is 0 Å². The van der Waals surface area contributed by atoms with E-state index >= 15 is 0 Å². The topological polar surface area (TPSA) is 59.3 Å². The van der Waals surface area contributed by atoms with Gasteiger partial charge in [-0.2, -0.15) is 0 Å². The van der Waals surface area contributed by atoms with Gasteiger partial charge in [-0.25, -0.2) is 0 Å². The maximum Gasteiger partial charge on any atom is 0.265 e. The van der Waals surface area contributed by atoms with E-state index in [1.807, 2.05) is 37.4 Å². The van der Waals surface area contributed by atoms with Gasteiger partial charge in [-0.15, -0.1) is 11.3 Å². The molecule has 25 heavy (non-hydrogen) atoms. The van der Waals surface area contributed by atoms with Crippen LogP contribution in [0, 0.1) is 13.8 Å². The van der Waals surface area contributed by atoms with Crippen molar-refractivity contribution in [2.45, 2.75) is 13.8 Å². The third kappa shape index (κ3) is 2.72. The molecule has 1 amide bonds. The van der Waals surface area contributed by atoms with E-state index in [9.17, 15) is 9.59 Å². The molecule has 0 aliphatic heterocycles. The number of nitrogens with one attached hydrogen (secondary N) is 1. The van der Waals surface area contributed by atoms with Gasteiger partial charge in [0.1, 0.15) is 11.2 Å². The van der Waals surface area contributed by atoms with Gasteiger partial charge in [0.15, 0.2) is 0 Å². The number of benzene rings is 2. The summed E-state index contributed by atoms with van der Waals surface area (Å²) in [7, 11) is 0. The lowest BCUT2D eigenvalue weighted by atomic mass is 10.1. The van der Waals surface area contributed by atoms with Crippen LogP contribution in [-0.4, -0.2) is 5.91 Å². The van der Waals surface area contributed by atoms with Gasteiger partial charge in [-0.3, -0.25) is 9.59 Å². The van der Waals surface area contributed by atoms with Gasteiger partial charge in [0.25, 0.3) is 5.91 Å². The van der Waals surface area contributed by atoms with E-state index < -0.39 is 0 Å². The number of carbonyl (C=O) groups is 1. The molecule has 0 bridgehead atoms. The van der Waals surface area contributed by atoms with Crippen molar-refractivity contribution >= 4 is 44.9 Å². The second kappa shape index (κ2) is 5.86. The molecule has 0 aliphatic rings. The molecule has 0 fully saturated rings. The summed E-state index contributed by atoms with van der Waals surface area (Å²) >= 11 is 1.38. The molecule has 0 saturated heterocycles. The first-order valence-corrected chi connectivity index (χ1v) is 8.73. The van der Waals surface area contributed by atoms with Crippen LogP contribution in [0.2, 0.25) is 0 Å². The smallest absolute Gasteiger partial charge is 0.265 e. The molecule has 0 saturated carbocycles. The predicted octanol–water partition coefficient (Wildman–Crippen LogP) is 4.88. The Hall–Kier alpha value is -2.92. The minimum atomic E-state index is -0.177. The van der Waals surface area contributed by atoms with E-state index in [1.165, 1.54) is 11.3 Å². The summed E-state index contributed by atoms with van der Waals surface area (Å²) in [6.45, 7) is 3.88. The molecule has 4 aromatic rings. The number of thiophene rings is 1. The fraction of sp³-hybridized carbons (Fsp3) is 0.100. The molecule has 0 atom stereocenters. The minimum absolute atomic E-state index is 0.0563. The van der Waals surface area contributed by atoms with Crippen molar-refractivity contribution in [3.63, 3.8) is 0 Å². The summed E-state index contributed by atoms with van der Waals surface area (Å²) in [4.78, 5) is 25.6. The number of rotatable bonds is 2. The molecular formula is C20H15NO3S. The lowest BCUT2D eigenvalue weighted by Gasteiger charge is -2.08. The van der Waals surface area contributed by atoms with Gasteiger partial charge in [0.2, 0.25) is 5.43 Å². The Bertz CT molecular complexity index is 1170. The van der Waals surface area contributed by atoms with Crippen LogP contribution in [0.1, 0.15) is 20.8 Å². The third-order valence-electron chi connectivity index (χ3n) is 4.10. The highest BCUT2D eigenvalue weighted by molar-refractivity contribution is 7.12. The van der Waals surface area contributed by atoms with Crippen LogP contribution in [0.3, 0.4) is 0 Å². The number of hydrogen-bond acceptors (Lipinski definition) is 4. The summed E-state index contributed by atoms with van der Waals surface area (Å²) in [5, 5.41) is 5.78. The van der Waals surface area contributed by atoms with Crippen LogP contribution in [0.4, 0.5) is 5.69 Å². The van der Waals surface area contributed by atoms with E-state index in [1.54, 1.807) is 24.3 Å².